The van der Waals surface area contributed by atoms with Crippen LogP contribution in [0.25, 0.3) is 21.6 Å². The minimum atomic E-state index is 0.704. The van der Waals surface area contributed by atoms with Gasteiger partial charge in [-0.25, -0.2) is 9.97 Å². The average molecular weight is 379 g/mol. The molecule has 0 amide bonds. The largest absolute Gasteiger partial charge is 0.355 e. The van der Waals surface area contributed by atoms with E-state index in [-0.39, 0.29) is 0 Å². The predicted octanol–water partition coefficient (Wildman–Crippen LogP) is 5.11. The minimum Gasteiger partial charge on any atom is -0.355 e. The Kier molecular flexibility index (Phi) is 4.35. The number of thiophene rings is 1. The van der Waals surface area contributed by atoms with Crippen molar-refractivity contribution in [3.8, 4) is 11.4 Å². The van der Waals surface area contributed by atoms with E-state index in [1.54, 1.807) is 6.20 Å². The Hall–Kier alpha value is -2.01. The summed E-state index contributed by atoms with van der Waals surface area (Å²) in [6.45, 7) is 6.92. The van der Waals surface area contributed by atoms with E-state index < -0.39 is 0 Å². The summed E-state index contributed by atoms with van der Waals surface area (Å²) in [7, 11) is 0. The van der Waals surface area contributed by atoms with Crippen molar-refractivity contribution in [1.82, 2.24) is 15.0 Å². The van der Waals surface area contributed by atoms with Gasteiger partial charge >= 0.3 is 0 Å². The standard InChI is InChI=1S/C22H26N4S/c1-14-10-15(2)13-26(12-14)21-19-17-7-3-4-8-18(17)27-22(19)25-20(24-21)16-6-5-9-23-11-16/h5-6,9,11,14-15H,3-4,7-8,10,12-13H2,1-2H3/t14-,15-/m1/s1. The maximum atomic E-state index is 5.13. The van der Waals surface area contributed by atoms with E-state index in [0.29, 0.717) is 11.8 Å². The quantitative estimate of drug-likeness (QED) is 0.621. The van der Waals surface area contributed by atoms with E-state index in [2.05, 4.69) is 29.8 Å². The van der Waals surface area contributed by atoms with Gasteiger partial charge in [-0.1, -0.05) is 13.8 Å². The molecule has 1 aliphatic heterocycles. The fraction of sp³-hybridized carbons (Fsp3) is 0.500. The van der Waals surface area contributed by atoms with Crippen LogP contribution in [0.3, 0.4) is 0 Å². The lowest BCUT2D eigenvalue weighted by Gasteiger charge is -2.36. The van der Waals surface area contributed by atoms with E-state index in [0.717, 1.165) is 35.1 Å². The zero-order valence-electron chi connectivity index (χ0n) is 16.1. The second-order valence-electron chi connectivity index (χ2n) is 8.35. The molecule has 2 aliphatic rings. The Morgan fingerprint density at radius 1 is 1.07 bits per heavy atom. The highest BCUT2D eigenvalue weighted by Crippen LogP contribution is 2.41. The number of hydrogen-bond acceptors (Lipinski definition) is 5. The van der Waals surface area contributed by atoms with Crippen LogP contribution in [0.2, 0.25) is 0 Å². The van der Waals surface area contributed by atoms with Gasteiger partial charge in [0, 0.05) is 35.9 Å². The third kappa shape index (κ3) is 3.12. The number of hydrogen-bond donors (Lipinski definition) is 0. The molecule has 0 bridgehead atoms. The third-order valence-electron chi connectivity index (χ3n) is 5.88. The normalized spacial score (nSPS) is 22.8. The maximum Gasteiger partial charge on any atom is 0.164 e. The molecule has 0 spiro atoms. The molecule has 4 nitrogen and oxygen atoms in total. The van der Waals surface area contributed by atoms with Crippen LogP contribution in [0.15, 0.2) is 24.5 Å². The maximum absolute atomic E-state index is 5.13. The van der Waals surface area contributed by atoms with E-state index in [4.69, 9.17) is 9.97 Å². The first-order valence-electron chi connectivity index (χ1n) is 10.2. The van der Waals surface area contributed by atoms with Crippen LogP contribution in [0.5, 0.6) is 0 Å². The molecule has 2 atom stereocenters. The second kappa shape index (κ2) is 6.86. The van der Waals surface area contributed by atoms with Gasteiger partial charge in [-0.3, -0.25) is 4.98 Å². The van der Waals surface area contributed by atoms with Gasteiger partial charge in [0.25, 0.3) is 0 Å². The monoisotopic (exact) mass is 378 g/mol. The Morgan fingerprint density at radius 3 is 2.67 bits per heavy atom. The molecule has 1 fully saturated rings. The number of pyridine rings is 1. The number of rotatable bonds is 2. The van der Waals surface area contributed by atoms with Crippen molar-refractivity contribution >= 4 is 27.4 Å². The summed E-state index contributed by atoms with van der Waals surface area (Å²) < 4.78 is 0. The highest BCUT2D eigenvalue weighted by atomic mass is 32.1. The summed E-state index contributed by atoms with van der Waals surface area (Å²) in [4.78, 5) is 19.6. The second-order valence-corrected chi connectivity index (χ2v) is 9.44. The van der Waals surface area contributed by atoms with E-state index >= 15 is 0 Å². The molecule has 1 aliphatic carbocycles. The zero-order valence-corrected chi connectivity index (χ0v) is 16.9. The van der Waals surface area contributed by atoms with Crippen LogP contribution >= 0.6 is 11.3 Å². The third-order valence-corrected chi connectivity index (χ3v) is 7.07. The van der Waals surface area contributed by atoms with Crippen molar-refractivity contribution < 1.29 is 0 Å². The predicted molar refractivity (Wildman–Crippen MR) is 112 cm³/mol. The fourth-order valence-corrected chi connectivity index (χ4v) is 6.08. The highest BCUT2D eigenvalue weighted by molar-refractivity contribution is 7.19. The first-order chi connectivity index (χ1) is 13.2. The number of aromatic nitrogens is 3. The number of aryl methyl sites for hydroxylation is 2. The van der Waals surface area contributed by atoms with Gasteiger partial charge in [-0.15, -0.1) is 11.3 Å². The Morgan fingerprint density at radius 2 is 1.89 bits per heavy atom. The Balaban J connectivity index is 1.71. The Labute approximate surface area is 164 Å². The van der Waals surface area contributed by atoms with Crippen LogP contribution in [0.4, 0.5) is 5.82 Å². The number of piperidine rings is 1. The molecule has 5 rings (SSSR count). The van der Waals surface area contributed by atoms with Crippen molar-refractivity contribution in [2.75, 3.05) is 18.0 Å². The summed E-state index contributed by atoms with van der Waals surface area (Å²) in [5, 5.41) is 1.34. The SMILES string of the molecule is C[C@@H]1C[C@@H](C)CN(c2nc(-c3cccnc3)nc3sc4c(c23)CCCC4)C1. The molecule has 3 aromatic rings. The van der Waals surface area contributed by atoms with Crippen LogP contribution in [-0.2, 0) is 12.8 Å². The van der Waals surface area contributed by atoms with Crippen molar-refractivity contribution in [1.29, 1.82) is 0 Å². The van der Waals surface area contributed by atoms with Gasteiger partial charge in [-0.2, -0.15) is 0 Å². The molecule has 4 heterocycles. The van der Waals surface area contributed by atoms with Crippen molar-refractivity contribution in [2.24, 2.45) is 11.8 Å². The van der Waals surface area contributed by atoms with Gasteiger partial charge in [0.15, 0.2) is 5.82 Å². The van der Waals surface area contributed by atoms with Gasteiger partial charge < -0.3 is 4.90 Å². The summed E-state index contributed by atoms with van der Waals surface area (Å²) in [6.07, 6.45) is 9.95. The minimum absolute atomic E-state index is 0.704. The lowest BCUT2D eigenvalue weighted by molar-refractivity contribution is 0.356. The molecule has 27 heavy (non-hydrogen) atoms. The summed E-state index contributed by atoms with van der Waals surface area (Å²) in [5.41, 5.74) is 2.53. The molecule has 3 aromatic heterocycles. The van der Waals surface area contributed by atoms with E-state index in [1.807, 2.05) is 23.6 Å². The average Bonchev–Trinajstić information content (AvgIpc) is 3.05. The number of anilines is 1. The van der Waals surface area contributed by atoms with Crippen LogP contribution < -0.4 is 4.90 Å². The van der Waals surface area contributed by atoms with Gasteiger partial charge in [-0.05, 0) is 61.6 Å². The molecular weight excluding hydrogens is 352 g/mol. The lowest BCUT2D eigenvalue weighted by atomic mass is 9.91. The van der Waals surface area contributed by atoms with Crippen LogP contribution in [-0.4, -0.2) is 28.0 Å². The van der Waals surface area contributed by atoms with Crippen molar-refractivity contribution in [3.05, 3.63) is 35.0 Å². The Bertz CT molecular complexity index is 955. The fourth-order valence-electron chi connectivity index (χ4n) is 4.83. The molecule has 0 aromatic carbocycles. The summed E-state index contributed by atoms with van der Waals surface area (Å²) >= 11 is 1.89. The number of nitrogens with zero attached hydrogens (tertiary/aromatic N) is 4. The topological polar surface area (TPSA) is 41.9 Å². The zero-order chi connectivity index (χ0) is 18.4. The molecule has 1 saturated heterocycles. The highest BCUT2D eigenvalue weighted by Gasteiger charge is 2.28. The molecule has 0 N–H and O–H groups in total. The van der Waals surface area contributed by atoms with E-state index in [9.17, 15) is 0 Å². The van der Waals surface area contributed by atoms with Gasteiger partial charge in [0.2, 0.25) is 0 Å². The van der Waals surface area contributed by atoms with Crippen LogP contribution in [0, 0.1) is 11.8 Å². The molecule has 140 valence electrons. The van der Waals surface area contributed by atoms with E-state index in [1.165, 1.54) is 47.9 Å². The summed E-state index contributed by atoms with van der Waals surface area (Å²) in [6, 6.07) is 4.03. The first kappa shape index (κ1) is 17.1. The van der Waals surface area contributed by atoms with Crippen molar-refractivity contribution in [3.63, 3.8) is 0 Å². The smallest absolute Gasteiger partial charge is 0.164 e. The molecule has 0 saturated carbocycles. The number of fused-ring (bicyclic) bond motifs is 3. The lowest BCUT2D eigenvalue weighted by Crippen LogP contribution is -2.39. The first-order valence-corrected chi connectivity index (χ1v) is 11.0. The van der Waals surface area contributed by atoms with Gasteiger partial charge in [0.05, 0.1) is 5.39 Å². The van der Waals surface area contributed by atoms with Crippen LogP contribution in [0.1, 0.15) is 43.6 Å². The van der Waals surface area contributed by atoms with Crippen molar-refractivity contribution in [2.45, 2.75) is 46.0 Å². The van der Waals surface area contributed by atoms with Gasteiger partial charge in [0.1, 0.15) is 10.6 Å². The molecule has 0 radical (unpaired) electrons. The molecular formula is C22H26N4S. The molecule has 5 heteroatoms. The summed E-state index contributed by atoms with van der Waals surface area (Å²) in [5.74, 6) is 3.39. The molecule has 0 unspecified atom stereocenters.